The van der Waals surface area contributed by atoms with Crippen LogP contribution in [0, 0.1) is 11.6 Å². The molecule has 6 heteroatoms. The molecule has 28 heavy (non-hydrogen) atoms. The second-order valence-electron chi connectivity index (χ2n) is 6.31. The maximum absolute atomic E-state index is 14.2. The maximum atomic E-state index is 14.2. The van der Waals surface area contributed by atoms with Gasteiger partial charge >= 0.3 is 0 Å². The van der Waals surface area contributed by atoms with Gasteiger partial charge in [0.25, 0.3) is 0 Å². The van der Waals surface area contributed by atoms with Crippen LogP contribution >= 0.6 is 11.6 Å². The summed E-state index contributed by atoms with van der Waals surface area (Å²) in [4.78, 5) is 3.80. The summed E-state index contributed by atoms with van der Waals surface area (Å²) in [6, 6.07) is 18.1. The second-order valence-corrected chi connectivity index (χ2v) is 6.71. The van der Waals surface area contributed by atoms with E-state index in [9.17, 15) is 13.9 Å². The summed E-state index contributed by atoms with van der Waals surface area (Å²) in [7, 11) is 0. The molecule has 3 nitrogen and oxygen atoms in total. The molecule has 0 fully saturated rings. The first kappa shape index (κ1) is 18.2. The van der Waals surface area contributed by atoms with E-state index in [1.54, 1.807) is 36.4 Å². The lowest BCUT2D eigenvalue weighted by Gasteiger charge is -2.23. The number of halogens is 3. The predicted molar refractivity (Wildman–Crippen MR) is 107 cm³/mol. The van der Waals surface area contributed by atoms with E-state index in [2.05, 4.69) is 10.3 Å². The largest absolute Gasteiger partial charge is 0.507 e. The molecule has 4 rings (SSSR count). The Labute approximate surface area is 165 Å². The van der Waals surface area contributed by atoms with Crippen LogP contribution in [0.25, 0.3) is 10.8 Å². The van der Waals surface area contributed by atoms with Gasteiger partial charge in [-0.05, 0) is 17.0 Å². The number of pyridine rings is 1. The van der Waals surface area contributed by atoms with Crippen LogP contribution in [-0.2, 0) is 0 Å². The lowest BCUT2D eigenvalue weighted by atomic mass is 9.94. The van der Waals surface area contributed by atoms with E-state index in [0.717, 1.165) is 17.6 Å². The van der Waals surface area contributed by atoms with Crippen molar-refractivity contribution in [3.8, 4) is 5.75 Å². The van der Waals surface area contributed by atoms with E-state index in [1.165, 1.54) is 0 Å². The van der Waals surface area contributed by atoms with E-state index >= 15 is 0 Å². The number of phenols is 1. The van der Waals surface area contributed by atoms with Gasteiger partial charge in [-0.25, -0.2) is 13.8 Å². The molecule has 0 amide bonds. The molecule has 1 aromatic heterocycles. The average Bonchev–Trinajstić information content (AvgIpc) is 2.69. The molecule has 0 saturated heterocycles. The Morgan fingerprint density at radius 3 is 2.46 bits per heavy atom. The monoisotopic (exact) mass is 396 g/mol. The zero-order valence-electron chi connectivity index (χ0n) is 14.5. The number of phenolic OH excluding ortho intramolecular Hbond substituents is 1. The third kappa shape index (κ3) is 3.37. The highest BCUT2D eigenvalue weighted by atomic mass is 35.5. The molecule has 140 valence electrons. The van der Waals surface area contributed by atoms with Gasteiger partial charge in [-0.3, -0.25) is 0 Å². The molecule has 0 aliphatic carbocycles. The standard InChI is InChI=1S/C22H15ClF2N2O/c23-18-8-4-3-7-16(18)20(27-22-19(25)11-14(24)12-26-22)17-10-9-13-5-1-2-6-15(13)21(17)28/h1-12,20,28H,(H,26,27). The lowest BCUT2D eigenvalue weighted by Crippen LogP contribution is -2.15. The van der Waals surface area contributed by atoms with Gasteiger partial charge in [0.15, 0.2) is 11.6 Å². The van der Waals surface area contributed by atoms with Gasteiger partial charge in [0.1, 0.15) is 11.6 Å². The van der Waals surface area contributed by atoms with Gasteiger partial charge < -0.3 is 10.4 Å². The van der Waals surface area contributed by atoms with Crippen LogP contribution in [0.5, 0.6) is 5.75 Å². The Bertz CT molecular complexity index is 1170. The molecule has 0 radical (unpaired) electrons. The summed E-state index contributed by atoms with van der Waals surface area (Å²) in [6.45, 7) is 0. The molecular weight excluding hydrogens is 382 g/mol. The molecule has 0 aliphatic heterocycles. The predicted octanol–water partition coefficient (Wildman–Crippen LogP) is 6.07. The van der Waals surface area contributed by atoms with Crippen molar-refractivity contribution in [2.45, 2.75) is 6.04 Å². The second kappa shape index (κ2) is 7.44. The Hall–Kier alpha value is -3.18. The Morgan fingerprint density at radius 2 is 1.68 bits per heavy atom. The topological polar surface area (TPSA) is 45.1 Å². The molecule has 4 aromatic rings. The van der Waals surface area contributed by atoms with Gasteiger partial charge in [0.2, 0.25) is 0 Å². The number of nitrogens with one attached hydrogen (secondary N) is 1. The van der Waals surface area contributed by atoms with Crippen molar-refractivity contribution < 1.29 is 13.9 Å². The fourth-order valence-electron chi connectivity index (χ4n) is 3.19. The number of benzene rings is 3. The summed E-state index contributed by atoms with van der Waals surface area (Å²) >= 11 is 6.37. The Balaban J connectivity index is 1.88. The van der Waals surface area contributed by atoms with Crippen molar-refractivity contribution in [3.05, 3.63) is 101 Å². The first-order valence-electron chi connectivity index (χ1n) is 8.57. The van der Waals surface area contributed by atoms with Crippen molar-refractivity contribution in [3.63, 3.8) is 0 Å². The number of nitrogens with zero attached hydrogens (tertiary/aromatic N) is 1. The van der Waals surface area contributed by atoms with Crippen molar-refractivity contribution in [1.82, 2.24) is 4.98 Å². The van der Waals surface area contributed by atoms with Crippen LogP contribution in [-0.4, -0.2) is 10.1 Å². The Morgan fingerprint density at radius 1 is 0.929 bits per heavy atom. The van der Waals surface area contributed by atoms with E-state index < -0.39 is 17.7 Å². The minimum absolute atomic E-state index is 0.0537. The zero-order chi connectivity index (χ0) is 19.7. The van der Waals surface area contributed by atoms with E-state index in [0.29, 0.717) is 21.5 Å². The molecule has 3 aromatic carbocycles. The smallest absolute Gasteiger partial charge is 0.168 e. The van der Waals surface area contributed by atoms with E-state index in [1.807, 2.05) is 24.3 Å². The van der Waals surface area contributed by atoms with Crippen LogP contribution in [0.4, 0.5) is 14.6 Å². The number of hydrogen-bond donors (Lipinski definition) is 2. The number of hydrogen-bond acceptors (Lipinski definition) is 3. The number of aromatic nitrogens is 1. The minimum atomic E-state index is -0.836. The van der Waals surface area contributed by atoms with Gasteiger partial charge in [0.05, 0.1) is 12.2 Å². The highest BCUT2D eigenvalue weighted by molar-refractivity contribution is 6.31. The normalized spacial score (nSPS) is 12.1. The fourth-order valence-corrected chi connectivity index (χ4v) is 3.44. The molecular formula is C22H15ClF2N2O. The molecule has 2 N–H and O–H groups in total. The number of fused-ring (bicyclic) bond motifs is 1. The maximum Gasteiger partial charge on any atom is 0.168 e. The number of anilines is 1. The van der Waals surface area contributed by atoms with Gasteiger partial charge in [-0.15, -0.1) is 0 Å². The van der Waals surface area contributed by atoms with E-state index in [4.69, 9.17) is 11.6 Å². The highest BCUT2D eigenvalue weighted by Gasteiger charge is 2.23. The van der Waals surface area contributed by atoms with Gasteiger partial charge in [0, 0.05) is 22.0 Å². The first-order chi connectivity index (χ1) is 13.5. The van der Waals surface area contributed by atoms with Crippen LogP contribution in [0.1, 0.15) is 17.2 Å². The number of aromatic hydroxyl groups is 1. The molecule has 1 atom stereocenters. The Kier molecular flexibility index (Phi) is 4.84. The fraction of sp³-hybridized carbons (Fsp3) is 0.0455. The van der Waals surface area contributed by atoms with Crippen LogP contribution < -0.4 is 5.32 Å². The summed E-state index contributed by atoms with van der Waals surface area (Å²) in [5.74, 6) is -1.69. The average molecular weight is 397 g/mol. The molecule has 0 spiro atoms. The quantitative estimate of drug-likeness (QED) is 0.440. The minimum Gasteiger partial charge on any atom is -0.507 e. The zero-order valence-corrected chi connectivity index (χ0v) is 15.3. The van der Waals surface area contributed by atoms with Crippen LogP contribution in [0.15, 0.2) is 72.9 Å². The molecule has 1 unspecified atom stereocenters. The SMILES string of the molecule is Oc1c(C(Nc2ncc(F)cc2F)c2ccccc2Cl)ccc2ccccc12. The van der Waals surface area contributed by atoms with Gasteiger partial charge in [-0.2, -0.15) is 0 Å². The van der Waals surface area contributed by atoms with E-state index in [-0.39, 0.29) is 11.6 Å². The van der Waals surface area contributed by atoms with Crippen molar-refractivity contribution in [1.29, 1.82) is 0 Å². The molecule has 1 heterocycles. The van der Waals surface area contributed by atoms with Crippen LogP contribution in [0.3, 0.4) is 0 Å². The molecule has 0 aliphatic rings. The summed E-state index contributed by atoms with van der Waals surface area (Å²) in [5, 5.41) is 15.8. The molecule has 0 bridgehead atoms. The third-order valence-electron chi connectivity index (χ3n) is 4.55. The molecule has 0 saturated carbocycles. The summed E-state index contributed by atoms with van der Waals surface area (Å²) in [5.41, 5.74) is 1.12. The summed E-state index contributed by atoms with van der Waals surface area (Å²) < 4.78 is 27.5. The van der Waals surface area contributed by atoms with Gasteiger partial charge in [-0.1, -0.05) is 66.2 Å². The van der Waals surface area contributed by atoms with Crippen molar-refractivity contribution in [2.24, 2.45) is 0 Å². The first-order valence-corrected chi connectivity index (χ1v) is 8.95. The summed E-state index contributed by atoms with van der Waals surface area (Å²) in [6.07, 6.45) is 0.926. The third-order valence-corrected chi connectivity index (χ3v) is 4.89. The van der Waals surface area contributed by atoms with Crippen molar-refractivity contribution >= 4 is 28.2 Å². The lowest BCUT2D eigenvalue weighted by molar-refractivity contribution is 0.473. The number of rotatable bonds is 4. The highest BCUT2D eigenvalue weighted by Crippen LogP contribution is 2.39. The van der Waals surface area contributed by atoms with Crippen molar-refractivity contribution in [2.75, 3.05) is 5.32 Å². The van der Waals surface area contributed by atoms with Crippen LogP contribution in [0.2, 0.25) is 5.02 Å².